The van der Waals surface area contributed by atoms with Gasteiger partial charge in [-0.15, -0.1) is 0 Å². The van der Waals surface area contributed by atoms with E-state index in [2.05, 4.69) is 0 Å². The van der Waals surface area contributed by atoms with Crippen LogP contribution in [-0.4, -0.2) is 51.8 Å². The fourth-order valence-electron chi connectivity index (χ4n) is 3.31. The molecule has 9 nitrogen and oxygen atoms in total. The summed E-state index contributed by atoms with van der Waals surface area (Å²) in [6.45, 7) is 1.82. The molecule has 3 aromatic rings. The monoisotopic (exact) mass is 508 g/mol. The van der Waals surface area contributed by atoms with E-state index in [-0.39, 0.29) is 30.5 Å². The molecule has 0 saturated carbocycles. The number of carbonyl (C=O) groups is 3. The Morgan fingerprint density at radius 3 is 2.30 bits per heavy atom. The third-order valence-electron chi connectivity index (χ3n) is 5.11. The van der Waals surface area contributed by atoms with Crippen molar-refractivity contribution in [3.63, 3.8) is 0 Å². The highest BCUT2D eigenvalue weighted by atomic mass is 16.7. The van der Waals surface area contributed by atoms with Gasteiger partial charge in [-0.1, -0.05) is 30.3 Å². The third kappa shape index (κ3) is 7.31. The Kier molecular flexibility index (Phi) is 10.0. The minimum atomic E-state index is -1.65. The molecule has 9 heteroatoms. The number of ketones is 1. The number of esters is 1. The maximum atomic E-state index is 13.4. The SMILES string of the molecule is CCOC(=O)C(Oc1ccc(C=O)cc1OCOC)C(=O)c1ccc(OCc2ccccc2)c(OC)c1. The molecule has 1 atom stereocenters. The van der Waals surface area contributed by atoms with Crippen LogP contribution in [0, 0.1) is 0 Å². The van der Waals surface area contributed by atoms with Crippen LogP contribution in [0.4, 0.5) is 0 Å². The van der Waals surface area contributed by atoms with Gasteiger partial charge < -0.3 is 28.4 Å². The summed E-state index contributed by atoms with van der Waals surface area (Å²) >= 11 is 0. The lowest BCUT2D eigenvalue weighted by molar-refractivity contribution is -0.149. The van der Waals surface area contributed by atoms with Crippen LogP contribution in [0.3, 0.4) is 0 Å². The van der Waals surface area contributed by atoms with Crippen molar-refractivity contribution >= 4 is 18.0 Å². The fraction of sp³-hybridized carbons (Fsp3) is 0.250. The molecule has 0 N–H and O–H groups in total. The summed E-state index contributed by atoms with van der Waals surface area (Å²) < 4.78 is 32.5. The first kappa shape index (κ1) is 27.2. The van der Waals surface area contributed by atoms with Gasteiger partial charge in [0.1, 0.15) is 12.9 Å². The topological polar surface area (TPSA) is 107 Å². The van der Waals surface area contributed by atoms with Gasteiger partial charge in [0.2, 0.25) is 5.78 Å². The quantitative estimate of drug-likeness (QED) is 0.104. The van der Waals surface area contributed by atoms with Crippen molar-refractivity contribution in [3.05, 3.63) is 83.4 Å². The Morgan fingerprint density at radius 1 is 0.865 bits per heavy atom. The lowest BCUT2D eigenvalue weighted by Gasteiger charge is -2.19. The Bertz CT molecular complexity index is 1210. The van der Waals surface area contributed by atoms with E-state index < -0.39 is 17.9 Å². The van der Waals surface area contributed by atoms with Gasteiger partial charge in [-0.3, -0.25) is 9.59 Å². The second-order valence-corrected chi connectivity index (χ2v) is 7.63. The molecule has 0 saturated heterocycles. The molecule has 0 aromatic heterocycles. The predicted octanol–water partition coefficient (Wildman–Crippen LogP) is 4.26. The van der Waals surface area contributed by atoms with E-state index in [1.165, 1.54) is 44.6 Å². The van der Waals surface area contributed by atoms with Gasteiger partial charge in [0, 0.05) is 18.2 Å². The smallest absolute Gasteiger partial charge is 0.355 e. The maximum absolute atomic E-state index is 13.4. The average Bonchev–Trinajstić information content (AvgIpc) is 2.94. The number of rotatable bonds is 14. The Balaban J connectivity index is 1.87. The Hall–Kier alpha value is -4.37. The Labute approximate surface area is 214 Å². The number of ether oxygens (including phenoxy) is 6. The minimum Gasteiger partial charge on any atom is -0.493 e. The molecule has 0 amide bonds. The molecular weight excluding hydrogens is 480 g/mol. The van der Waals surface area contributed by atoms with Gasteiger partial charge in [0.15, 0.2) is 29.8 Å². The maximum Gasteiger partial charge on any atom is 0.355 e. The van der Waals surface area contributed by atoms with Crippen molar-refractivity contribution in [2.45, 2.75) is 19.6 Å². The van der Waals surface area contributed by atoms with Crippen LogP contribution in [0.15, 0.2) is 66.7 Å². The summed E-state index contributed by atoms with van der Waals surface area (Å²) in [5, 5.41) is 0. The summed E-state index contributed by atoms with van der Waals surface area (Å²) in [4.78, 5) is 37.4. The number of hydrogen-bond donors (Lipinski definition) is 0. The van der Waals surface area contributed by atoms with E-state index in [0.717, 1.165) is 5.56 Å². The molecule has 0 aliphatic carbocycles. The first-order valence-corrected chi connectivity index (χ1v) is 11.4. The number of carbonyl (C=O) groups excluding carboxylic acids is 3. The van der Waals surface area contributed by atoms with Gasteiger partial charge in [0.25, 0.3) is 6.10 Å². The van der Waals surface area contributed by atoms with Gasteiger partial charge >= 0.3 is 5.97 Å². The van der Waals surface area contributed by atoms with Crippen molar-refractivity contribution in [1.29, 1.82) is 0 Å². The van der Waals surface area contributed by atoms with Crippen LogP contribution in [0.1, 0.15) is 33.2 Å². The molecule has 194 valence electrons. The predicted molar refractivity (Wildman–Crippen MR) is 133 cm³/mol. The lowest BCUT2D eigenvalue weighted by Crippen LogP contribution is -2.37. The van der Waals surface area contributed by atoms with E-state index in [4.69, 9.17) is 28.4 Å². The Morgan fingerprint density at radius 2 is 1.62 bits per heavy atom. The number of benzene rings is 3. The first-order chi connectivity index (χ1) is 18.0. The number of methoxy groups -OCH3 is 2. The number of aldehydes is 1. The molecular formula is C28H28O9. The van der Waals surface area contributed by atoms with Crippen LogP contribution in [0.25, 0.3) is 0 Å². The molecule has 0 fully saturated rings. The van der Waals surface area contributed by atoms with E-state index in [9.17, 15) is 14.4 Å². The van der Waals surface area contributed by atoms with Gasteiger partial charge in [-0.25, -0.2) is 4.79 Å². The lowest BCUT2D eigenvalue weighted by atomic mass is 10.0. The molecule has 0 radical (unpaired) electrons. The van der Waals surface area contributed by atoms with Crippen LogP contribution in [-0.2, 0) is 20.9 Å². The molecule has 0 bridgehead atoms. The second kappa shape index (κ2) is 13.6. The van der Waals surface area contributed by atoms with Crippen LogP contribution >= 0.6 is 0 Å². The zero-order valence-electron chi connectivity index (χ0n) is 20.8. The summed E-state index contributed by atoms with van der Waals surface area (Å²) in [6, 6.07) is 18.5. The summed E-state index contributed by atoms with van der Waals surface area (Å²) in [7, 11) is 2.88. The van der Waals surface area contributed by atoms with Crippen molar-refractivity contribution in [1.82, 2.24) is 0 Å². The summed E-state index contributed by atoms with van der Waals surface area (Å²) in [5.41, 5.74) is 1.42. The molecule has 37 heavy (non-hydrogen) atoms. The largest absolute Gasteiger partial charge is 0.493 e. The standard InChI is InChI=1S/C28H28O9/c1-4-34-28(31)27(37-23-12-10-20(16-29)14-25(23)36-18-32-2)26(30)21-11-13-22(24(15-21)33-3)35-17-19-8-6-5-7-9-19/h5-16,27H,4,17-18H2,1-3H3. The van der Waals surface area contributed by atoms with Crippen LogP contribution in [0.5, 0.6) is 23.0 Å². The normalized spacial score (nSPS) is 11.2. The van der Waals surface area contributed by atoms with E-state index in [0.29, 0.717) is 30.0 Å². The van der Waals surface area contributed by atoms with Crippen molar-refractivity contribution in [3.8, 4) is 23.0 Å². The highest BCUT2D eigenvalue weighted by Gasteiger charge is 2.33. The van der Waals surface area contributed by atoms with Crippen molar-refractivity contribution in [2.75, 3.05) is 27.6 Å². The third-order valence-corrected chi connectivity index (χ3v) is 5.11. The molecule has 0 heterocycles. The highest BCUT2D eigenvalue weighted by Crippen LogP contribution is 2.32. The van der Waals surface area contributed by atoms with Gasteiger partial charge in [0.05, 0.1) is 13.7 Å². The molecule has 1 unspecified atom stereocenters. The number of Topliss-reactive ketones (excluding diaryl/α,β-unsaturated/α-hetero) is 1. The van der Waals surface area contributed by atoms with Gasteiger partial charge in [-0.2, -0.15) is 0 Å². The van der Waals surface area contributed by atoms with Crippen LogP contribution in [0.2, 0.25) is 0 Å². The average molecular weight is 509 g/mol. The van der Waals surface area contributed by atoms with E-state index in [1.807, 2.05) is 30.3 Å². The zero-order valence-corrected chi connectivity index (χ0v) is 20.8. The van der Waals surface area contributed by atoms with Crippen LogP contribution < -0.4 is 18.9 Å². The molecule has 3 aromatic carbocycles. The zero-order chi connectivity index (χ0) is 26.6. The molecule has 0 spiro atoms. The van der Waals surface area contributed by atoms with E-state index >= 15 is 0 Å². The molecule has 0 aliphatic rings. The summed E-state index contributed by atoms with van der Waals surface area (Å²) in [6.07, 6.45) is -1.02. The van der Waals surface area contributed by atoms with Crippen molar-refractivity contribution in [2.24, 2.45) is 0 Å². The number of hydrogen-bond acceptors (Lipinski definition) is 9. The first-order valence-electron chi connectivity index (χ1n) is 11.4. The van der Waals surface area contributed by atoms with Crippen molar-refractivity contribution < 1.29 is 42.8 Å². The second-order valence-electron chi connectivity index (χ2n) is 7.63. The molecule has 3 rings (SSSR count). The van der Waals surface area contributed by atoms with Gasteiger partial charge in [-0.05, 0) is 48.9 Å². The highest BCUT2D eigenvalue weighted by molar-refractivity contribution is 6.11. The minimum absolute atomic E-state index is 0.0403. The fourth-order valence-corrected chi connectivity index (χ4v) is 3.31. The molecule has 0 aliphatic heterocycles. The van der Waals surface area contributed by atoms with E-state index in [1.54, 1.807) is 13.0 Å². The summed E-state index contributed by atoms with van der Waals surface area (Å²) in [5.74, 6) is -0.629.